The van der Waals surface area contributed by atoms with Gasteiger partial charge in [-0.15, -0.1) is 0 Å². The van der Waals surface area contributed by atoms with Gasteiger partial charge in [0, 0.05) is 33.2 Å². The number of rotatable bonds is 5. The maximum Gasteiger partial charge on any atom is 0.162 e. The molecule has 1 aliphatic heterocycles. The molecule has 3 aromatic rings. The van der Waals surface area contributed by atoms with Crippen molar-refractivity contribution >= 4 is 33.2 Å². The molecule has 0 saturated heterocycles. The van der Waals surface area contributed by atoms with Crippen LogP contribution in [0.4, 0.5) is 0 Å². The Balaban J connectivity index is 1.75. The molecule has 0 unspecified atom stereocenters. The number of aliphatic imine (C=N–C) groups is 1. The monoisotopic (exact) mass is 484 g/mol. The largest absolute Gasteiger partial charge is 0.504 e. The van der Waals surface area contributed by atoms with E-state index < -0.39 is 0 Å². The number of phenolic OH excluding ortho intramolecular Hbond substituents is 1. The first kappa shape index (κ1) is 20.9. The molecule has 1 aliphatic rings. The van der Waals surface area contributed by atoms with Gasteiger partial charge in [0.25, 0.3) is 0 Å². The number of phenols is 1. The molecule has 6 heteroatoms. The third-order valence-electron chi connectivity index (χ3n) is 5.09. The minimum Gasteiger partial charge on any atom is -0.504 e. The first-order chi connectivity index (χ1) is 14.5. The van der Waals surface area contributed by atoms with Crippen molar-refractivity contribution in [2.24, 2.45) is 4.99 Å². The molecule has 154 valence electrons. The Morgan fingerprint density at radius 3 is 2.63 bits per heavy atom. The van der Waals surface area contributed by atoms with Gasteiger partial charge < -0.3 is 9.84 Å². The topological polar surface area (TPSA) is 53.8 Å². The first-order valence-electron chi connectivity index (χ1n) is 9.84. The van der Waals surface area contributed by atoms with Gasteiger partial charge in [0.1, 0.15) is 6.17 Å². The van der Waals surface area contributed by atoms with Gasteiger partial charge in [-0.3, -0.25) is 10.3 Å². The zero-order valence-corrected chi connectivity index (χ0v) is 18.8. The van der Waals surface area contributed by atoms with Gasteiger partial charge in [-0.2, -0.15) is 0 Å². The number of para-hydroxylation sites is 1. The van der Waals surface area contributed by atoms with E-state index in [0.29, 0.717) is 23.8 Å². The van der Waals surface area contributed by atoms with Crippen molar-refractivity contribution in [3.05, 3.63) is 92.9 Å². The molecule has 0 bridgehead atoms. The van der Waals surface area contributed by atoms with Crippen LogP contribution in [0.25, 0.3) is 0 Å². The summed E-state index contributed by atoms with van der Waals surface area (Å²) in [5.41, 5.74) is 3.83. The van der Waals surface area contributed by atoms with E-state index >= 15 is 0 Å². The van der Waals surface area contributed by atoms with Crippen LogP contribution in [-0.2, 0) is 0 Å². The Bertz CT molecular complexity index is 1070. The van der Waals surface area contributed by atoms with Crippen LogP contribution in [0.3, 0.4) is 0 Å². The van der Waals surface area contributed by atoms with Crippen molar-refractivity contribution in [2.45, 2.75) is 25.6 Å². The van der Waals surface area contributed by atoms with Crippen molar-refractivity contribution in [3.63, 3.8) is 0 Å². The second-order valence-corrected chi connectivity index (χ2v) is 8.44. The zero-order valence-electron chi connectivity index (χ0n) is 16.5. The average molecular weight is 486 g/mol. The molecular weight excluding hydrogens is 464 g/mol. The lowest BCUT2D eigenvalue weighted by Crippen LogP contribution is -2.33. The smallest absolute Gasteiger partial charge is 0.162 e. The highest BCUT2D eigenvalue weighted by Gasteiger charge is 2.28. The van der Waals surface area contributed by atoms with Crippen molar-refractivity contribution in [1.29, 1.82) is 0 Å². The van der Waals surface area contributed by atoms with Crippen molar-refractivity contribution in [1.82, 2.24) is 5.32 Å². The van der Waals surface area contributed by atoms with Crippen LogP contribution in [0, 0.1) is 0 Å². The minimum absolute atomic E-state index is 0.127. The number of hydrogen-bond acceptors (Lipinski definition) is 4. The van der Waals surface area contributed by atoms with E-state index in [4.69, 9.17) is 21.3 Å². The van der Waals surface area contributed by atoms with E-state index in [0.717, 1.165) is 26.9 Å². The number of hydrogen-bond donors (Lipinski definition) is 2. The molecule has 0 radical (unpaired) electrons. The molecule has 0 aliphatic carbocycles. The Kier molecular flexibility index (Phi) is 6.42. The van der Waals surface area contributed by atoms with Crippen molar-refractivity contribution in [2.75, 3.05) is 6.61 Å². The number of halogens is 2. The Hall–Kier alpha value is -2.34. The summed E-state index contributed by atoms with van der Waals surface area (Å²) in [7, 11) is 0. The lowest BCUT2D eigenvalue weighted by atomic mass is 9.93. The van der Waals surface area contributed by atoms with E-state index in [1.54, 1.807) is 6.07 Å². The number of ether oxygens (including phenoxy) is 1. The molecule has 0 amide bonds. The summed E-state index contributed by atoms with van der Waals surface area (Å²) in [5.74, 6) is 0.661. The lowest BCUT2D eigenvalue weighted by molar-refractivity contribution is 0.313. The summed E-state index contributed by atoms with van der Waals surface area (Å²) in [6.45, 7) is 2.40. The van der Waals surface area contributed by atoms with Gasteiger partial charge in [0.2, 0.25) is 0 Å². The Morgan fingerprint density at radius 1 is 1.13 bits per heavy atom. The van der Waals surface area contributed by atoms with E-state index in [9.17, 15) is 5.11 Å². The maximum atomic E-state index is 10.8. The predicted octanol–water partition coefficient (Wildman–Crippen LogP) is 6.43. The average Bonchev–Trinajstić information content (AvgIpc) is 2.75. The van der Waals surface area contributed by atoms with E-state index in [-0.39, 0.29) is 18.0 Å². The fourth-order valence-electron chi connectivity index (χ4n) is 3.66. The number of benzene rings is 3. The summed E-state index contributed by atoms with van der Waals surface area (Å²) in [5, 5.41) is 15.1. The van der Waals surface area contributed by atoms with Crippen LogP contribution in [-0.4, -0.2) is 17.4 Å². The highest BCUT2D eigenvalue weighted by atomic mass is 79.9. The van der Waals surface area contributed by atoms with Crippen molar-refractivity contribution in [3.8, 4) is 11.5 Å². The van der Waals surface area contributed by atoms with Gasteiger partial charge in [-0.25, -0.2) is 0 Å². The van der Waals surface area contributed by atoms with E-state index in [1.165, 1.54) is 0 Å². The van der Waals surface area contributed by atoms with E-state index in [2.05, 4.69) is 33.4 Å². The highest BCUT2D eigenvalue weighted by molar-refractivity contribution is 9.10. The predicted molar refractivity (Wildman–Crippen MR) is 125 cm³/mol. The van der Waals surface area contributed by atoms with Gasteiger partial charge in [-0.1, -0.05) is 63.9 Å². The molecule has 4 nitrogen and oxygen atoms in total. The van der Waals surface area contributed by atoms with Gasteiger partial charge >= 0.3 is 0 Å². The molecule has 0 saturated carbocycles. The number of nitrogens with zero attached hydrogens (tertiary/aromatic N) is 1. The minimum atomic E-state index is -0.259. The normalized spacial score (nSPS) is 18.7. The molecular formula is C24H22BrClN2O2. The molecule has 30 heavy (non-hydrogen) atoms. The number of aromatic hydroxyl groups is 1. The SMILES string of the molecule is CCOc1cccc([C@H]2CC(c3cccc(Br)c3)=N[C@@H](c3ccc(Cl)cc3)N2)c1O. The second kappa shape index (κ2) is 9.21. The van der Waals surface area contributed by atoms with Crippen molar-refractivity contribution < 1.29 is 9.84 Å². The fraction of sp³-hybridized carbons (Fsp3) is 0.208. The summed E-state index contributed by atoms with van der Waals surface area (Å²) in [6, 6.07) is 21.3. The lowest BCUT2D eigenvalue weighted by Gasteiger charge is -2.31. The molecule has 2 atom stereocenters. The first-order valence-corrected chi connectivity index (χ1v) is 11.0. The van der Waals surface area contributed by atoms with Gasteiger partial charge in [0.05, 0.1) is 6.61 Å². The Morgan fingerprint density at radius 2 is 1.90 bits per heavy atom. The van der Waals surface area contributed by atoms with Crippen LogP contribution in [0.15, 0.2) is 76.2 Å². The molecule has 0 fully saturated rings. The molecule has 3 aromatic carbocycles. The summed E-state index contributed by atoms with van der Waals surface area (Å²) < 4.78 is 6.59. The summed E-state index contributed by atoms with van der Waals surface area (Å²) in [4.78, 5) is 4.99. The summed E-state index contributed by atoms with van der Waals surface area (Å²) >= 11 is 9.63. The highest BCUT2D eigenvalue weighted by Crippen LogP contribution is 2.39. The quantitative estimate of drug-likeness (QED) is 0.438. The Labute approximate surface area is 189 Å². The molecule has 0 spiro atoms. The van der Waals surface area contributed by atoms with Crippen LogP contribution < -0.4 is 10.1 Å². The molecule has 4 rings (SSSR count). The van der Waals surface area contributed by atoms with Gasteiger partial charge in [-0.05, 0) is 48.4 Å². The van der Waals surface area contributed by atoms with Crippen LogP contribution >= 0.6 is 27.5 Å². The van der Waals surface area contributed by atoms with Crippen LogP contribution in [0.5, 0.6) is 11.5 Å². The number of nitrogens with one attached hydrogen (secondary N) is 1. The summed E-state index contributed by atoms with van der Waals surface area (Å²) in [6.07, 6.45) is 0.383. The standard InChI is InChI=1S/C24H22BrClN2O2/c1-2-30-22-8-4-7-19(23(22)29)21-14-20(16-5-3-6-17(25)13-16)27-24(28-21)15-9-11-18(26)12-10-15/h3-13,21,24,28-29H,2,14H2,1H3/t21-,24-/m1/s1. The second-order valence-electron chi connectivity index (χ2n) is 7.09. The third kappa shape index (κ3) is 4.53. The van der Waals surface area contributed by atoms with Gasteiger partial charge in [0.15, 0.2) is 11.5 Å². The zero-order chi connectivity index (χ0) is 21.1. The fourth-order valence-corrected chi connectivity index (χ4v) is 4.18. The van der Waals surface area contributed by atoms with Crippen LogP contribution in [0.1, 0.15) is 42.2 Å². The van der Waals surface area contributed by atoms with E-state index in [1.807, 2.05) is 55.5 Å². The third-order valence-corrected chi connectivity index (χ3v) is 5.84. The molecule has 2 N–H and O–H groups in total. The maximum absolute atomic E-state index is 10.8. The van der Waals surface area contributed by atoms with Crippen LogP contribution in [0.2, 0.25) is 5.02 Å². The molecule has 0 aromatic heterocycles. The molecule has 1 heterocycles.